The zero-order valence-corrected chi connectivity index (χ0v) is 21.8. The predicted molar refractivity (Wildman–Crippen MR) is 150 cm³/mol. The van der Waals surface area contributed by atoms with Gasteiger partial charge in [0.2, 0.25) is 10.0 Å². The van der Waals surface area contributed by atoms with Crippen LogP contribution >= 0.6 is 0 Å². The number of nitrogens with one attached hydrogen (secondary N) is 3. The van der Waals surface area contributed by atoms with Crippen molar-refractivity contribution in [3.8, 4) is 0 Å². The first-order valence-corrected chi connectivity index (χ1v) is 14.4. The fourth-order valence-corrected chi connectivity index (χ4v) is 6.22. The summed E-state index contributed by atoms with van der Waals surface area (Å²) in [7, 11) is -3.42. The molecule has 196 valence electrons. The first-order valence-electron chi connectivity index (χ1n) is 12.9. The van der Waals surface area contributed by atoms with Crippen LogP contribution in [0, 0.1) is 0 Å². The summed E-state index contributed by atoms with van der Waals surface area (Å²) in [5.41, 5.74) is 5.80. The SMILES string of the molecule is O=C1Nc2ccc(NS(=O)(=O)C3CC3)cc2/C1=C(/Nc1ccc(CN2CCOCC2)cc1)c1ccccc1. The number of morpholine rings is 1. The number of amides is 1. The quantitative estimate of drug-likeness (QED) is 0.375. The van der Waals surface area contributed by atoms with Gasteiger partial charge in [-0.2, -0.15) is 0 Å². The molecule has 0 unspecified atom stereocenters. The Hall–Kier alpha value is -3.66. The molecule has 1 amide bonds. The molecule has 3 aliphatic rings. The second-order valence-corrected chi connectivity index (χ2v) is 11.8. The van der Waals surface area contributed by atoms with Gasteiger partial charge in [0.15, 0.2) is 0 Å². The molecule has 2 aliphatic heterocycles. The molecule has 1 saturated carbocycles. The third-order valence-corrected chi connectivity index (χ3v) is 8.90. The second kappa shape index (κ2) is 10.2. The van der Waals surface area contributed by atoms with Gasteiger partial charge in [-0.3, -0.25) is 14.4 Å². The van der Waals surface area contributed by atoms with Crippen LogP contribution < -0.4 is 15.4 Å². The number of hydrogen-bond acceptors (Lipinski definition) is 6. The molecule has 38 heavy (non-hydrogen) atoms. The van der Waals surface area contributed by atoms with Crippen LogP contribution in [0.25, 0.3) is 11.3 Å². The highest BCUT2D eigenvalue weighted by molar-refractivity contribution is 7.93. The van der Waals surface area contributed by atoms with Crippen molar-refractivity contribution < 1.29 is 17.9 Å². The summed E-state index contributed by atoms with van der Waals surface area (Å²) in [6, 6.07) is 23.1. The Bertz CT molecular complexity index is 1480. The van der Waals surface area contributed by atoms with Crippen molar-refractivity contribution in [2.24, 2.45) is 0 Å². The summed E-state index contributed by atoms with van der Waals surface area (Å²) in [5.74, 6) is -0.238. The minimum Gasteiger partial charge on any atom is -0.379 e. The Balaban J connectivity index is 1.33. The number of rotatable bonds is 8. The lowest BCUT2D eigenvalue weighted by Crippen LogP contribution is -2.35. The normalized spacial score (nSPS) is 19.0. The first kappa shape index (κ1) is 24.7. The third-order valence-electron chi connectivity index (χ3n) is 7.03. The Morgan fingerprint density at radius 3 is 2.37 bits per heavy atom. The van der Waals surface area contributed by atoms with Crippen LogP contribution in [-0.2, 0) is 26.1 Å². The summed E-state index contributed by atoms with van der Waals surface area (Å²) >= 11 is 0. The van der Waals surface area contributed by atoms with Crippen LogP contribution in [0.4, 0.5) is 17.1 Å². The Morgan fingerprint density at radius 1 is 0.947 bits per heavy atom. The van der Waals surface area contributed by atoms with Gasteiger partial charge in [0.1, 0.15) is 0 Å². The summed E-state index contributed by atoms with van der Waals surface area (Å²) in [6.07, 6.45) is 1.36. The van der Waals surface area contributed by atoms with Crippen LogP contribution in [0.1, 0.15) is 29.5 Å². The highest BCUT2D eigenvalue weighted by atomic mass is 32.2. The lowest BCUT2D eigenvalue weighted by molar-refractivity contribution is -0.110. The number of carbonyl (C=O) groups is 1. The molecule has 3 N–H and O–H groups in total. The largest absolute Gasteiger partial charge is 0.379 e. The van der Waals surface area contributed by atoms with E-state index in [0.717, 1.165) is 44.1 Å². The van der Waals surface area contributed by atoms with Crippen molar-refractivity contribution in [3.63, 3.8) is 0 Å². The summed E-state index contributed by atoms with van der Waals surface area (Å²) in [6.45, 7) is 4.25. The molecule has 0 spiro atoms. The van der Waals surface area contributed by atoms with E-state index in [2.05, 4.69) is 32.4 Å². The molecule has 3 aromatic rings. The molecule has 6 rings (SSSR count). The van der Waals surface area contributed by atoms with E-state index in [1.165, 1.54) is 5.56 Å². The number of ether oxygens (including phenoxy) is 1. The molecule has 2 heterocycles. The monoisotopic (exact) mass is 530 g/mol. The molecule has 0 bridgehead atoms. The number of hydrogen-bond donors (Lipinski definition) is 3. The summed E-state index contributed by atoms with van der Waals surface area (Å²) < 4.78 is 33.2. The van der Waals surface area contributed by atoms with E-state index in [-0.39, 0.29) is 11.2 Å². The van der Waals surface area contributed by atoms with E-state index in [4.69, 9.17) is 4.74 Å². The standard InChI is InChI=1S/C29H30N4O4S/c34-29-27(25-18-23(10-13-26(25)31-29)32-38(35,36)24-11-12-24)28(21-4-2-1-3-5-21)30-22-8-6-20(7-9-22)19-33-14-16-37-17-15-33/h1-10,13,18,24,30,32H,11-12,14-17,19H2,(H,31,34)/b28-27-. The van der Waals surface area contributed by atoms with E-state index < -0.39 is 10.0 Å². The maximum absolute atomic E-state index is 13.3. The van der Waals surface area contributed by atoms with Gasteiger partial charge in [0, 0.05) is 42.3 Å². The van der Waals surface area contributed by atoms with Crippen LogP contribution in [0.2, 0.25) is 0 Å². The van der Waals surface area contributed by atoms with Gasteiger partial charge in [-0.05, 0) is 54.3 Å². The maximum Gasteiger partial charge on any atom is 0.258 e. The topological polar surface area (TPSA) is 99.8 Å². The van der Waals surface area contributed by atoms with Crippen molar-refractivity contribution >= 4 is 44.3 Å². The number of sulfonamides is 1. The second-order valence-electron chi connectivity index (χ2n) is 9.89. The Labute approximate surface area is 222 Å². The molecular weight excluding hydrogens is 500 g/mol. The molecule has 8 nitrogen and oxygen atoms in total. The van der Waals surface area contributed by atoms with E-state index >= 15 is 0 Å². The highest BCUT2D eigenvalue weighted by Crippen LogP contribution is 2.39. The molecule has 3 aromatic carbocycles. The van der Waals surface area contributed by atoms with Gasteiger partial charge in [-0.15, -0.1) is 0 Å². The molecule has 9 heteroatoms. The molecule has 1 saturated heterocycles. The zero-order valence-electron chi connectivity index (χ0n) is 20.9. The minimum atomic E-state index is -3.42. The number of anilines is 3. The van der Waals surface area contributed by atoms with Crippen molar-refractivity contribution in [2.75, 3.05) is 41.7 Å². The summed E-state index contributed by atoms with van der Waals surface area (Å²) in [4.78, 5) is 15.6. The van der Waals surface area contributed by atoms with Gasteiger partial charge < -0.3 is 15.4 Å². The van der Waals surface area contributed by atoms with Crippen molar-refractivity contribution in [1.29, 1.82) is 0 Å². The zero-order chi connectivity index (χ0) is 26.1. The minimum absolute atomic E-state index is 0.238. The molecule has 2 fully saturated rings. The molecule has 1 aliphatic carbocycles. The Kier molecular flexibility index (Phi) is 6.65. The van der Waals surface area contributed by atoms with Crippen molar-refractivity contribution in [2.45, 2.75) is 24.6 Å². The van der Waals surface area contributed by atoms with Crippen molar-refractivity contribution in [3.05, 3.63) is 89.5 Å². The van der Waals surface area contributed by atoms with Crippen LogP contribution in [-0.4, -0.2) is 50.8 Å². The maximum atomic E-state index is 13.3. The van der Waals surface area contributed by atoms with Gasteiger partial charge in [0.25, 0.3) is 5.91 Å². The van der Waals surface area contributed by atoms with Crippen LogP contribution in [0.3, 0.4) is 0 Å². The Morgan fingerprint density at radius 2 is 1.66 bits per heavy atom. The van der Waals surface area contributed by atoms with E-state index in [1.807, 2.05) is 42.5 Å². The fourth-order valence-electron chi connectivity index (χ4n) is 4.84. The molecular formula is C29H30N4O4S. The van der Waals surface area contributed by atoms with E-state index in [9.17, 15) is 13.2 Å². The highest BCUT2D eigenvalue weighted by Gasteiger charge is 2.36. The number of nitrogens with zero attached hydrogens (tertiary/aromatic N) is 1. The smallest absolute Gasteiger partial charge is 0.258 e. The first-order chi connectivity index (χ1) is 18.5. The molecule has 0 atom stereocenters. The van der Waals surface area contributed by atoms with Crippen LogP contribution in [0.5, 0.6) is 0 Å². The average Bonchev–Trinajstić information content (AvgIpc) is 3.74. The van der Waals surface area contributed by atoms with Gasteiger partial charge >= 0.3 is 0 Å². The van der Waals surface area contributed by atoms with E-state index in [1.54, 1.807) is 18.2 Å². The molecule has 0 aromatic heterocycles. The lowest BCUT2D eigenvalue weighted by Gasteiger charge is -2.26. The van der Waals surface area contributed by atoms with Gasteiger partial charge in [-0.1, -0.05) is 42.5 Å². The number of fused-ring (bicyclic) bond motifs is 1. The number of carbonyl (C=O) groups excluding carboxylic acids is 1. The lowest BCUT2D eigenvalue weighted by atomic mass is 9.99. The average molecular weight is 531 g/mol. The van der Waals surface area contributed by atoms with Crippen molar-refractivity contribution in [1.82, 2.24) is 4.90 Å². The number of benzene rings is 3. The fraction of sp³-hybridized carbons (Fsp3) is 0.276. The third kappa shape index (κ3) is 5.31. The predicted octanol–water partition coefficient (Wildman–Crippen LogP) is 4.36. The summed E-state index contributed by atoms with van der Waals surface area (Å²) in [5, 5.41) is 6.08. The van der Waals surface area contributed by atoms with Gasteiger partial charge in [-0.25, -0.2) is 8.42 Å². The van der Waals surface area contributed by atoms with Crippen LogP contribution in [0.15, 0.2) is 72.8 Å². The van der Waals surface area contributed by atoms with E-state index in [0.29, 0.717) is 41.1 Å². The van der Waals surface area contributed by atoms with Gasteiger partial charge in [0.05, 0.1) is 29.7 Å². The molecule has 0 radical (unpaired) electrons.